The van der Waals surface area contributed by atoms with Gasteiger partial charge in [-0.25, -0.2) is 4.79 Å². The molecule has 0 spiro atoms. The van der Waals surface area contributed by atoms with Gasteiger partial charge in [-0.15, -0.1) is 0 Å². The van der Waals surface area contributed by atoms with Crippen molar-refractivity contribution in [1.29, 1.82) is 0 Å². The van der Waals surface area contributed by atoms with E-state index in [9.17, 15) is 28.1 Å². The summed E-state index contributed by atoms with van der Waals surface area (Å²) in [6.45, 7) is 0. The van der Waals surface area contributed by atoms with Crippen molar-refractivity contribution in [3.63, 3.8) is 0 Å². The van der Waals surface area contributed by atoms with Crippen molar-refractivity contribution in [2.24, 2.45) is 0 Å². The van der Waals surface area contributed by atoms with E-state index in [2.05, 4.69) is 4.74 Å². The van der Waals surface area contributed by atoms with Gasteiger partial charge in [0.1, 0.15) is 5.02 Å². The number of ether oxygens (including phenoxy) is 1. The fourth-order valence-corrected chi connectivity index (χ4v) is 1.52. The Morgan fingerprint density at radius 1 is 1.44 bits per heavy atom. The molecule has 0 radical (unpaired) electrons. The Bertz CT molecular complexity index is 515. The van der Waals surface area contributed by atoms with Crippen LogP contribution in [0.25, 0.3) is 0 Å². The van der Waals surface area contributed by atoms with Crippen LogP contribution in [0, 0.1) is 10.1 Å². The molecule has 18 heavy (non-hydrogen) atoms. The second-order valence-electron chi connectivity index (χ2n) is 3.07. The first-order chi connectivity index (χ1) is 8.20. The molecule has 1 rings (SSSR count). The molecule has 0 aromatic heterocycles. The number of hydrogen-bond donors (Lipinski definition) is 0. The summed E-state index contributed by atoms with van der Waals surface area (Å²) in [7, 11) is 0.813. The summed E-state index contributed by atoms with van der Waals surface area (Å²) in [4.78, 5) is 20.8. The van der Waals surface area contributed by atoms with Gasteiger partial charge >= 0.3 is 17.8 Å². The van der Waals surface area contributed by atoms with Gasteiger partial charge in [-0.1, -0.05) is 11.6 Å². The fraction of sp³-hybridized carbons (Fsp3) is 0.222. The number of nitrogens with zero attached hydrogens (tertiary/aromatic N) is 1. The largest absolute Gasteiger partial charge is 0.465 e. The number of nitro benzene ring substituents is 1. The molecule has 0 bridgehead atoms. The maximum Gasteiger partial charge on any atom is 0.417 e. The molecule has 0 atom stereocenters. The van der Waals surface area contributed by atoms with Gasteiger partial charge < -0.3 is 4.74 Å². The van der Waals surface area contributed by atoms with Crippen LogP contribution in [0.15, 0.2) is 12.1 Å². The summed E-state index contributed by atoms with van der Waals surface area (Å²) >= 11 is 5.43. The lowest BCUT2D eigenvalue weighted by atomic mass is 10.0. The molecule has 98 valence electrons. The standard InChI is InChI=1S/C9H5ClF3NO4/c1-18-8(15)6-4(9(11,12)13)2-3-5(10)7(6)14(16)17/h2-3H,1H3. The molecule has 0 fully saturated rings. The SMILES string of the molecule is COC(=O)c1c(C(F)(F)F)ccc(Cl)c1[N+](=O)[O-]. The van der Waals surface area contributed by atoms with Crippen molar-refractivity contribution in [3.05, 3.63) is 38.4 Å². The first-order valence-electron chi connectivity index (χ1n) is 4.32. The molecule has 0 N–H and O–H groups in total. The minimum atomic E-state index is -4.93. The predicted molar refractivity (Wildman–Crippen MR) is 54.4 cm³/mol. The van der Waals surface area contributed by atoms with E-state index in [1.807, 2.05) is 0 Å². The van der Waals surface area contributed by atoms with Gasteiger partial charge in [0.15, 0.2) is 5.56 Å². The van der Waals surface area contributed by atoms with Gasteiger partial charge in [0.2, 0.25) is 0 Å². The number of carbonyl (C=O) groups excluding carboxylic acids is 1. The van der Waals surface area contributed by atoms with Crippen molar-refractivity contribution in [1.82, 2.24) is 0 Å². The maximum atomic E-state index is 12.6. The monoisotopic (exact) mass is 283 g/mol. The van der Waals surface area contributed by atoms with Crippen LogP contribution in [-0.2, 0) is 10.9 Å². The van der Waals surface area contributed by atoms with Gasteiger partial charge in [0.25, 0.3) is 0 Å². The summed E-state index contributed by atoms with van der Waals surface area (Å²) in [5, 5.41) is 10.1. The third-order valence-corrected chi connectivity index (χ3v) is 2.31. The number of hydrogen-bond acceptors (Lipinski definition) is 4. The van der Waals surface area contributed by atoms with E-state index in [1.165, 1.54) is 0 Å². The Morgan fingerprint density at radius 2 is 2.00 bits per heavy atom. The highest BCUT2D eigenvalue weighted by Crippen LogP contribution is 2.39. The maximum absolute atomic E-state index is 12.6. The minimum Gasteiger partial charge on any atom is -0.465 e. The van der Waals surface area contributed by atoms with Crippen molar-refractivity contribution < 1.29 is 27.6 Å². The molecule has 0 aliphatic heterocycles. The van der Waals surface area contributed by atoms with Crippen molar-refractivity contribution in [2.45, 2.75) is 6.18 Å². The quantitative estimate of drug-likeness (QED) is 0.475. The number of benzene rings is 1. The van der Waals surface area contributed by atoms with E-state index in [0.717, 1.165) is 7.11 Å². The minimum absolute atomic E-state index is 0.488. The third-order valence-electron chi connectivity index (χ3n) is 2.01. The van der Waals surface area contributed by atoms with Crippen LogP contribution >= 0.6 is 11.6 Å². The summed E-state index contributed by atoms with van der Waals surface area (Å²) in [6.07, 6.45) is -4.93. The highest BCUT2D eigenvalue weighted by molar-refractivity contribution is 6.33. The number of rotatable bonds is 2. The number of esters is 1. The predicted octanol–water partition coefficient (Wildman–Crippen LogP) is 3.05. The first kappa shape index (κ1) is 14.2. The normalized spacial score (nSPS) is 11.2. The summed E-state index contributed by atoms with van der Waals surface area (Å²) in [5.41, 5.74) is -3.80. The van der Waals surface area contributed by atoms with Gasteiger partial charge in [-0.05, 0) is 12.1 Å². The number of halogens is 4. The molecule has 0 aliphatic carbocycles. The van der Waals surface area contributed by atoms with E-state index in [4.69, 9.17) is 11.6 Å². The summed E-state index contributed by atoms with van der Waals surface area (Å²) in [6, 6.07) is 1.19. The van der Waals surface area contributed by atoms with Crippen LogP contribution in [0.4, 0.5) is 18.9 Å². The summed E-state index contributed by atoms with van der Waals surface area (Å²) in [5.74, 6) is -1.48. The molecule has 5 nitrogen and oxygen atoms in total. The van der Waals surface area contributed by atoms with E-state index in [1.54, 1.807) is 0 Å². The number of nitro groups is 1. The van der Waals surface area contributed by atoms with Crippen LogP contribution in [0.2, 0.25) is 5.02 Å². The zero-order valence-corrected chi connectivity index (χ0v) is 9.50. The van der Waals surface area contributed by atoms with E-state index in [0.29, 0.717) is 12.1 Å². The van der Waals surface area contributed by atoms with Gasteiger partial charge in [0.05, 0.1) is 17.6 Å². The highest BCUT2D eigenvalue weighted by atomic mass is 35.5. The topological polar surface area (TPSA) is 69.4 Å². The highest BCUT2D eigenvalue weighted by Gasteiger charge is 2.41. The molecule has 1 aromatic carbocycles. The Morgan fingerprint density at radius 3 is 2.39 bits per heavy atom. The van der Waals surface area contributed by atoms with Crippen molar-refractivity contribution in [2.75, 3.05) is 7.11 Å². The molecule has 0 amide bonds. The average Bonchev–Trinajstić information content (AvgIpc) is 2.25. The van der Waals surface area contributed by atoms with E-state index >= 15 is 0 Å². The molecule has 0 aliphatic rings. The lowest BCUT2D eigenvalue weighted by Gasteiger charge is -2.12. The van der Waals surface area contributed by atoms with Crippen LogP contribution in [0.5, 0.6) is 0 Å². The smallest absolute Gasteiger partial charge is 0.417 e. The molecule has 0 saturated heterocycles. The molecule has 0 unspecified atom stereocenters. The number of alkyl halides is 3. The molecule has 9 heteroatoms. The Hall–Kier alpha value is -1.83. The lowest BCUT2D eigenvalue weighted by Crippen LogP contribution is -2.16. The number of methoxy groups -OCH3 is 1. The molecular weight excluding hydrogens is 279 g/mol. The van der Waals surface area contributed by atoms with Crippen LogP contribution in [0.1, 0.15) is 15.9 Å². The fourth-order valence-electron chi connectivity index (χ4n) is 1.29. The lowest BCUT2D eigenvalue weighted by molar-refractivity contribution is -0.385. The van der Waals surface area contributed by atoms with Crippen LogP contribution < -0.4 is 0 Å². The number of carbonyl (C=O) groups is 1. The zero-order chi connectivity index (χ0) is 14.1. The van der Waals surface area contributed by atoms with Gasteiger partial charge in [-0.3, -0.25) is 10.1 Å². The first-order valence-corrected chi connectivity index (χ1v) is 4.70. The second kappa shape index (κ2) is 4.81. The zero-order valence-electron chi connectivity index (χ0n) is 8.75. The average molecular weight is 284 g/mol. The van der Waals surface area contributed by atoms with Crippen molar-refractivity contribution in [3.8, 4) is 0 Å². The van der Waals surface area contributed by atoms with E-state index < -0.39 is 38.9 Å². The molecule has 1 aromatic rings. The van der Waals surface area contributed by atoms with Gasteiger partial charge in [0, 0.05) is 0 Å². The van der Waals surface area contributed by atoms with E-state index in [-0.39, 0.29) is 0 Å². The third kappa shape index (κ3) is 2.53. The van der Waals surface area contributed by atoms with Crippen LogP contribution in [-0.4, -0.2) is 18.0 Å². The van der Waals surface area contributed by atoms with Gasteiger partial charge in [-0.2, -0.15) is 13.2 Å². The summed E-state index contributed by atoms with van der Waals surface area (Å²) < 4.78 is 42.1. The van der Waals surface area contributed by atoms with Crippen molar-refractivity contribution >= 4 is 23.3 Å². The molecule has 0 heterocycles. The Balaban J connectivity index is 3.71. The second-order valence-corrected chi connectivity index (χ2v) is 3.47. The Labute approximate surface area is 103 Å². The molecular formula is C9H5ClF3NO4. The molecule has 0 saturated carbocycles. The Kier molecular flexibility index (Phi) is 3.80. The van der Waals surface area contributed by atoms with Crippen LogP contribution in [0.3, 0.4) is 0 Å².